The molecule has 4 rings (SSSR count). The molecule has 1 amide bonds. The molecule has 2 aromatic heterocycles. The number of halogens is 2. The highest BCUT2D eigenvalue weighted by atomic mass is 19.1. The fraction of sp³-hybridized carbons (Fsp3) is 0.435. The van der Waals surface area contributed by atoms with Crippen LogP contribution in [0.1, 0.15) is 51.1 Å². The highest BCUT2D eigenvalue weighted by Gasteiger charge is 2.30. The van der Waals surface area contributed by atoms with E-state index in [9.17, 15) is 13.6 Å². The van der Waals surface area contributed by atoms with Crippen LogP contribution in [0.4, 0.5) is 25.1 Å². The van der Waals surface area contributed by atoms with Gasteiger partial charge in [0.25, 0.3) is 0 Å². The fourth-order valence-electron chi connectivity index (χ4n) is 4.38. The number of carboxylic acid groups (broad SMARTS) is 1. The molecule has 3 heterocycles. The van der Waals surface area contributed by atoms with Gasteiger partial charge in [0.1, 0.15) is 17.5 Å². The van der Waals surface area contributed by atoms with Crippen LogP contribution in [0.2, 0.25) is 0 Å². The number of rotatable bonds is 8. The van der Waals surface area contributed by atoms with E-state index in [1.807, 2.05) is 24.8 Å². The Morgan fingerprint density at radius 2 is 2.12 bits per heavy atom. The number of benzene rings is 1. The van der Waals surface area contributed by atoms with Gasteiger partial charge in [-0.05, 0) is 63.8 Å². The second-order valence-electron chi connectivity index (χ2n) is 8.97. The highest BCUT2D eigenvalue weighted by molar-refractivity contribution is 5.68. The zero-order valence-corrected chi connectivity index (χ0v) is 18.7. The third-order valence-corrected chi connectivity index (χ3v) is 5.96. The standard InChI is InChI=1S/C23H28F2N6O2/c1-23(2,29-22(32)33)9-4-10-26-18-14-27-31-12-8-20(28-21(18)31)30-11-3-5-19(30)16-13-15(24)6-7-17(16)25/h6-8,12-14,19,26,29H,3-5,9-11H2,1-2H3,(H,32,33)/t19-/m1/s1. The van der Waals surface area contributed by atoms with Gasteiger partial charge in [-0.2, -0.15) is 5.10 Å². The van der Waals surface area contributed by atoms with Gasteiger partial charge in [-0.1, -0.05) is 0 Å². The Morgan fingerprint density at radius 1 is 1.30 bits per heavy atom. The zero-order chi connectivity index (χ0) is 23.6. The fourth-order valence-corrected chi connectivity index (χ4v) is 4.38. The van der Waals surface area contributed by atoms with Crippen molar-refractivity contribution in [3.63, 3.8) is 0 Å². The van der Waals surface area contributed by atoms with Crippen molar-refractivity contribution in [1.29, 1.82) is 0 Å². The Morgan fingerprint density at radius 3 is 2.91 bits per heavy atom. The predicted octanol–water partition coefficient (Wildman–Crippen LogP) is 4.59. The van der Waals surface area contributed by atoms with Crippen molar-refractivity contribution in [2.24, 2.45) is 0 Å². The van der Waals surface area contributed by atoms with E-state index in [0.717, 1.165) is 31.0 Å². The third kappa shape index (κ3) is 5.15. The Labute approximate surface area is 190 Å². The molecular weight excluding hydrogens is 430 g/mol. The first-order valence-corrected chi connectivity index (χ1v) is 11.0. The molecule has 176 valence electrons. The first-order valence-electron chi connectivity index (χ1n) is 11.0. The molecule has 1 aromatic carbocycles. The summed E-state index contributed by atoms with van der Waals surface area (Å²) in [6.07, 6.45) is 5.46. The Kier molecular flexibility index (Phi) is 6.35. The smallest absolute Gasteiger partial charge is 0.405 e. The van der Waals surface area contributed by atoms with Crippen LogP contribution in [0.25, 0.3) is 5.65 Å². The number of aromatic nitrogens is 3. The van der Waals surface area contributed by atoms with Crippen LogP contribution >= 0.6 is 0 Å². The van der Waals surface area contributed by atoms with E-state index in [2.05, 4.69) is 15.7 Å². The summed E-state index contributed by atoms with van der Waals surface area (Å²) < 4.78 is 29.9. The lowest BCUT2D eigenvalue weighted by molar-refractivity contribution is 0.180. The quantitative estimate of drug-likeness (QED) is 0.428. The second kappa shape index (κ2) is 9.21. The van der Waals surface area contributed by atoms with Gasteiger partial charge < -0.3 is 20.6 Å². The molecule has 0 spiro atoms. The first-order chi connectivity index (χ1) is 15.7. The van der Waals surface area contributed by atoms with Gasteiger partial charge in [0.15, 0.2) is 5.65 Å². The van der Waals surface area contributed by atoms with Crippen molar-refractivity contribution in [1.82, 2.24) is 19.9 Å². The predicted molar refractivity (Wildman–Crippen MR) is 122 cm³/mol. The lowest BCUT2D eigenvalue weighted by Crippen LogP contribution is -2.42. The summed E-state index contributed by atoms with van der Waals surface area (Å²) in [5.74, 6) is -0.184. The van der Waals surface area contributed by atoms with Gasteiger partial charge in [-0.25, -0.2) is 23.1 Å². The minimum absolute atomic E-state index is 0.279. The summed E-state index contributed by atoms with van der Waals surface area (Å²) in [5.41, 5.74) is 1.23. The van der Waals surface area contributed by atoms with Crippen LogP contribution in [0.3, 0.4) is 0 Å². The van der Waals surface area contributed by atoms with Gasteiger partial charge in [-0.3, -0.25) is 0 Å². The summed E-state index contributed by atoms with van der Waals surface area (Å²) in [4.78, 5) is 17.7. The summed E-state index contributed by atoms with van der Waals surface area (Å²) >= 11 is 0. The lowest BCUT2D eigenvalue weighted by Gasteiger charge is -2.26. The Bertz CT molecular complexity index is 1150. The van der Waals surface area contributed by atoms with Crippen molar-refractivity contribution in [3.8, 4) is 0 Å². The largest absolute Gasteiger partial charge is 0.465 e. The topological polar surface area (TPSA) is 94.8 Å². The lowest BCUT2D eigenvalue weighted by atomic mass is 9.99. The van der Waals surface area contributed by atoms with E-state index < -0.39 is 23.3 Å². The minimum Gasteiger partial charge on any atom is -0.465 e. The molecule has 0 radical (unpaired) electrons. The maximum atomic E-state index is 14.4. The maximum Gasteiger partial charge on any atom is 0.405 e. The van der Waals surface area contributed by atoms with Crippen LogP contribution in [0.5, 0.6) is 0 Å². The molecule has 1 aliphatic rings. The van der Waals surface area contributed by atoms with Gasteiger partial charge in [0.05, 0.1) is 17.9 Å². The molecule has 1 fully saturated rings. The number of nitrogens with one attached hydrogen (secondary N) is 2. The molecule has 8 nitrogen and oxygen atoms in total. The van der Waals surface area contributed by atoms with Crippen LogP contribution in [0.15, 0.2) is 36.7 Å². The van der Waals surface area contributed by atoms with Gasteiger partial charge >= 0.3 is 6.09 Å². The number of hydrogen-bond acceptors (Lipinski definition) is 5. The van der Waals surface area contributed by atoms with Crippen molar-refractivity contribution in [3.05, 3.63) is 53.9 Å². The van der Waals surface area contributed by atoms with Gasteiger partial charge in [-0.15, -0.1) is 0 Å². The van der Waals surface area contributed by atoms with Gasteiger partial charge in [0.2, 0.25) is 0 Å². The van der Waals surface area contributed by atoms with Crippen LogP contribution in [0, 0.1) is 11.6 Å². The Hall–Kier alpha value is -3.43. The summed E-state index contributed by atoms with van der Waals surface area (Å²) in [6, 6.07) is 5.12. The average molecular weight is 459 g/mol. The first kappa shape index (κ1) is 22.8. The minimum atomic E-state index is -1.04. The molecule has 1 atom stereocenters. The van der Waals surface area contributed by atoms with Gasteiger partial charge in [0, 0.05) is 30.4 Å². The van der Waals surface area contributed by atoms with E-state index in [0.29, 0.717) is 36.5 Å². The summed E-state index contributed by atoms with van der Waals surface area (Å²) in [5, 5.41) is 19.1. The molecule has 3 aromatic rings. The Balaban J connectivity index is 1.48. The van der Waals surface area contributed by atoms with E-state index >= 15 is 0 Å². The monoisotopic (exact) mass is 458 g/mol. The number of fused-ring (bicyclic) bond motifs is 1. The molecule has 0 unspecified atom stereocenters. The van der Waals surface area contributed by atoms with Crippen LogP contribution in [-0.4, -0.2) is 44.4 Å². The maximum absolute atomic E-state index is 14.4. The molecule has 0 bridgehead atoms. The average Bonchev–Trinajstić information content (AvgIpc) is 3.39. The number of carbonyl (C=O) groups is 1. The highest BCUT2D eigenvalue weighted by Crippen LogP contribution is 2.37. The molecule has 1 aliphatic heterocycles. The van der Waals surface area contributed by atoms with Crippen molar-refractivity contribution < 1.29 is 18.7 Å². The van der Waals surface area contributed by atoms with E-state index in [1.54, 1.807) is 16.9 Å². The van der Waals surface area contributed by atoms with Crippen molar-refractivity contribution in [2.45, 2.75) is 51.1 Å². The molecule has 3 N–H and O–H groups in total. The van der Waals surface area contributed by atoms with Crippen molar-refractivity contribution in [2.75, 3.05) is 23.3 Å². The SMILES string of the molecule is CC(C)(CCCNc1cnn2ccc(N3CCC[C@@H]3c3cc(F)ccc3F)nc12)NC(=O)O. The number of anilines is 2. The van der Waals surface area contributed by atoms with Crippen LogP contribution in [-0.2, 0) is 0 Å². The van der Waals surface area contributed by atoms with E-state index in [1.165, 1.54) is 12.1 Å². The summed E-state index contributed by atoms with van der Waals surface area (Å²) in [7, 11) is 0. The van der Waals surface area contributed by atoms with E-state index in [4.69, 9.17) is 10.1 Å². The zero-order valence-electron chi connectivity index (χ0n) is 18.7. The molecule has 0 aliphatic carbocycles. The normalized spacial score (nSPS) is 16.4. The number of hydrogen-bond donors (Lipinski definition) is 3. The van der Waals surface area contributed by atoms with E-state index in [-0.39, 0.29) is 6.04 Å². The molecule has 33 heavy (non-hydrogen) atoms. The number of amides is 1. The molecule has 0 saturated carbocycles. The number of nitrogens with zero attached hydrogens (tertiary/aromatic N) is 4. The molecular formula is C23H28F2N6O2. The van der Waals surface area contributed by atoms with Crippen molar-refractivity contribution >= 4 is 23.2 Å². The second-order valence-corrected chi connectivity index (χ2v) is 8.97. The molecule has 10 heteroatoms. The summed E-state index contributed by atoms with van der Waals surface area (Å²) in [6.45, 7) is 5.02. The molecule has 1 saturated heterocycles. The third-order valence-electron chi connectivity index (χ3n) is 5.96. The van der Waals surface area contributed by atoms with Crippen LogP contribution < -0.4 is 15.5 Å².